The molecular formula is C21H18N4O3. The van der Waals surface area contributed by atoms with Gasteiger partial charge in [0.25, 0.3) is 5.56 Å². The van der Waals surface area contributed by atoms with Crippen LogP contribution in [0, 0.1) is 6.92 Å². The largest absolute Gasteiger partial charge is 0.462 e. The summed E-state index contributed by atoms with van der Waals surface area (Å²) in [5, 5.41) is 3.71. The van der Waals surface area contributed by atoms with Crippen LogP contribution in [-0.4, -0.2) is 26.9 Å². The maximum atomic E-state index is 12.7. The average Bonchev–Trinajstić information content (AvgIpc) is 2.70. The fourth-order valence-corrected chi connectivity index (χ4v) is 3.01. The van der Waals surface area contributed by atoms with Crippen molar-refractivity contribution in [2.75, 3.05) is 11.9 Å². The fourth-order valence-electron chi connectivity index (χ4n) is 3.01. The summed E-state index contributed by atoms with van der Waals surface area (Å²) in [6, 6.07) is 14.2. The number of aryl methyl sites for hydroxylation is 1. The molecule has 0 fully saturated rings. The third kappa shape index (κ3) is 3.07. The number of aromatic nitrogens is 3. The van der Waals surface area contributed by atoms with Gasteiger partial charge in [-0.2, -0.15) is 4.98 Å². The predicted molar refractivity (Wildman–Crippen MR) is 107 cm³/mol. The van der Waals surface area contributed by atoms with Crippen LogP contribution in [0.15, 0.2) is 59.5 Å². The molecule has 0 unspecified atom stereocenters. The number of carbonyl (C=O) groups excluding carboxylic acids is 1. The third-order valence-corrected chi connectivity index (χ3v) is 4.37. The highest BCUT2D eigenvalue weighted by Crippen LogP contribution is 2.23. The Labute approximate surface area is 160 Å². The predicted octanol–water partition coefficient (Wildman–Crippen LogP) is 3.47. The highest BCUT2D eigenvalue weighted by atomic mass is 16.5. The molecule has 0 aliphatic carbocycles. The molecule has 2 aromatic carbocycles. The van der Waals surface area contributed by atoms with E-state index in [1.165, 1.54) is 4.40 Å². The lowest BCUT2D eigenvalue weighted by Gasteiger charge is -2.13. The number of anilines is 2. The molecule has 4 rings (SSSR count). The van der Waals surface area contributed by atoms with Crippen LogP contribution < -0.4 is 10.9 Å². The topological polar surface area (TPSA) is 85.6 Å². The van der Waals surface area contributed by atoms with Gasteiger partial charge in [0.2, 0.25) is 5.78 Å². The number of carbonyl (C=O) groups is 1. The van der Waals surface area contributed by atoms with Gasteiger partial charge in [0.15, 0.2) is 0 Å². The number of hydrogen-bond acceptors (Lipinski definition) is 6. The average molecular weight is 374 g/mol. The van der Waals surface area contributed by atoms with E-state index in [1.807, 2.05) is 19.1 Å². The molecule has 2 heterocycles. The van der Waals surface area contributed by atoms with Crippen molar-refractivity contribution >= 4 is 34.2 Å². The second-order valence-electron chi connectivity index (χ2n) is 6.27. The number of nitrogens with zero attached hydrogens (tertiary/aromatic N) is 3. The van der Waals surface area contributed by atoms with E-state index in [4.69, 9.17) is 4.74 Å². The van der Waals surface area contributed by atoms with Gasteiger partial charge >= 0.3 is 5.97 Å². The molecule has 140 valence electrons. The van der Waals surface area contributed by atoms with Gasteiger partial charge in [-0.15, -0.1) is 0 Å². The number of nitrogens with one attached hydrogen (secondary N) is 1. The summed E-state index contributed by atoms with van der Waals surface area (Å²) in [7, 11) is 0. The quantitative estimate of drug-likeness (QED) is 0.435. The lowest BCUT2D eigenvalue weighted by atomic mass is 10.1. The molecule has 0 bridgehead atoms. The molecule has 0 spiro atoms. The Hall–Kier alpha value is -3.74. The Morgan fingerprint density at radius 2 is 1.86 bits per heavy atom. The van der Waals surface area contributed by atoms with Crippen molar-refractivity contribution in [3.05, 3.63) is 76.2 Å². The molecule has 7 heteroatoms. The van der Waals surface area contributed by atoms with Crippen LogP contribution in [0.5, 0.6) is 0 Å². The Kier molecular flexibility index (Phi) is 4.49. The number of benzene rings is 2. The standard InChI is InChI=1S/C21H18N4O3/c1-3-28-20(27)15-9-5-7-11-17(15)22-18-13(2)12-25-19(26)14-8-4-6-10-16(14)23-21(25)24-18/h4-12H,3H2,1-2H3,(H,22,23,24). The molecule has 0 aliphatic heterocycles. The normalized spacial score (nSPS) is 10.9. The first-order chi connectivity index (χ1) is 13.6. The van der Waals surface area contributed by atoms with E-state index in [9.17, 15) is 9.59 Å². The van der Waals surface area contributed by atoms with Gasteiger partial charge in [0.05, 0.1) is 28.8 Å². The monoisotopic (exact) mass is 374 g/mol. The van der Waals surface area contributed by atoms with Crippen molar-refractivity contribution < 1.29 is 9.53 Å². The molecule has 0 saturated heterocycles. The number of rotatable bonds is 4. The Morgan fingerprint density at radius 3 is 2.68 bits per heavy atom. The number of hydrogen-bond donors (Lipinski definition) is 1. The van der Waals surface area contributed by atoms with Crippen LogP contribution in [0.25, 0.3) is 16.7 Å². The maximum absolute atomic E-state index is 12.7. The van der Waals surface area contributed by atoms with Crippen LogP contribution in [0.3, 0.4) is 0 Å². The summed E-state index contributed by atoms with van der Waals surface area (Å²) in [5.74, 6) is 0.383. The van der Waals surface area contributed by atoms with Gasteiger partial charge in [0.1, 0.15) is 5.82 Å². The summed E-state index contributed by atoms with van der Waals surface area (Å²) in [6.07, 6.45) is 1.69. The SMILES string of the molecule is CCOC(=O)c1ccccc1Nc1nc2nc3ccccc3c(=O)n2cc1C. The molecule has 4 aromatic rings. The Balaban J connectivity index is 1.83. The Bertz CT molecular complexity index is 1260. The van der Waals surface area contributed by atoms with E-state index in [0.717, 1.165) is 5.56 Å². The summed E-state index contributed by atoms with van der Waals surface area (Å²) in [5.41, 5.74) is 2.14. The molecule has 0 aliphatic rings. The van der Waals surface area contributed by atoms with Crippen LogP contribution >= 0.6 is 0 Å². The van der Waals surface area contributed by atoms with Crippen LogP contribution in [0.4, 0.5) is 11.5 Å². The van der Waals surface area contributed by atoms with E-state index in [1.54, 1.807) is 49.5 Å². The van der Waals surface area contributed by atoms with Crippen LogP contribution in [-0.2, 0) is 4.74 Å². The van der Waals surface area contributed by atoms with Crippen molar-refractivity contribution in [1.82, 2.24) is 14.4 Å². The van der Waals surface area contributed by atoms with E-state index in [-0.39, 0.29) is 11.3 Å². The minimum atomic E-state index is -0.413. The molecule has 7 nitrogen and oxygen atoms in total. The van der Waals surface area contributed by atoms with E-state index in [2.05, 4.69) is 15.3 Å². The smallest absolute Gasteiger partial charge is 0.340 e. The number of esters is 1. The molecule has 28 heavy (non-hydrogen) atoms. The van der Waals surface area contributed by atoms with Crippen molar-refractivity contribution in [3.8, 4) is 0 Å². The van der Waals surface area contributed by atoms with Crippen molar-refractivity contribution in [2.24, 2.45) is 0 Å². The summed E-state index contributed by atoms with van der Waals surface area (Å²) in [4.78, 5) is 33.9. The van der Waals surface area contributed by atoms with Crippen LogP contribution in [0.1, 0.15) is 22.8 Å². The molecule has 0 saturated carbocycles. The van der Waals surface area contributed by atoms with Crippen molar-refractivity contribution in [3.63, 3.8) is 0 Å². The maximum Gasteiger partial charge on any atom is 0.340 e. The van der Waals surface area contributed by atoms with Gasteiger partial charge in [-0.25, -0.2) is 9.78 Å². The van der Waals surface area contributed by atoms with E-state index >= 15 is 0 Å². The van der Waals surface area contributed by atoms with Crippen molar-refractivity contribution in [1.29, 1.82) is 0 Å². The zero-order valence-corrected chi connectivity index (χ0v) is 15.5. The minimum absolute atomic E-state index is 0.172. The summed E-state index contributed by atoms with van der Waals surface area (Å²) >= 11 is 0. The Morgan fingerprint density at radius 1 is 1.11 bits per heavy atom. The summed E-state index contributed by atoms with van der Waals surface area (Å²) in [6.45, 7) is 3.89. The van der Waals surface area contributed by atoms with Crippen LogP contribution in [0.2, 0.25) is 0 Å². The second-order valence-corrected chi connectivity index (χ2v) is 6.27. The summed E-state index contributed by atoms with van der Waals surface area (Å²) < 4.78 is 6.54. The number of fused-ring (bicyclic) bond motifs is 2. The molecule has 0 radical (unpaired) electrons. The van der Waals surface area contributed by atoms with Gasteiger partial charge in [-0.1, -0.05) is 24.3 Å². The molecule has 2 aromatic heterocycles. The molecular weight excluding hydrogens is 356 g/mol. The van der Waals surface area contributed by atoms with E-state index in [0.29, 0.717) is 34.6 Å². The number of ether oxygens (including phenoxy) is 1. The second kappa shape index (κ2) is 7.11. The number of para-hydroxylation sites is 2. The lowest BCUT2D eigenvalue weighted by molar-refractivity contribution is 0.0527. The zero-order chi connectivity index (χ0) is 19.7. The van der Waals surface area contributed by atoms with E-state index < -0.39 is 5.97 Å². The third-order valence-electron chi connectivity index (χ3n) is 4.37. The highest BCUT2D eigenvalue weighted by molar-refractivity contribution is 5.96. The molecule has 1 N–H and O–H groups in total. The molecule has 0 atom stereocenters. The minimum Gasteiger partial charge on any atom is -0.462 e. The van der Waals surface area contributed by atoms with Gasteiger partial charge in [-0.05, 0) is 38.1 Å². The lowest BCUT2D eigenvalue weighted by Crippen LogP contribution is -2.17. The first-order valence-corrected chi connectivity index (χ1v) is 8.90. The van der Waals surface area contributed by atoms with Crippen molar-refractivity contribution in [2.45, 2.75) is 13.8 Å². The first kappa shape index (κ1) is 17.7. The fraction of sp³-hybridized carbons (Fsp3) is 0.143. The molecule has 0 amide bonds. The highest BCUT2D eigenvalue weighted by Gasteiger charge is 2.14. The first-order valence-electron chi connectivity index (χ1n) is 8.90. The zero-order valence-electron chi connectivity index (χ0n) is 15.5. The van der Waals surface area contributed by atoms with Gasteiger partial charge in [-0.3, -0.25) is 9.20 Å². The van der Waals surface area contributed by atoms with Gasteiger partial charge in [0, 0.05) is 11.8 Å². The van der Waals surface area contributed by atoms with Gasteiger partial charge < -0.3 is 10.1 Å².